The van der Waals surface area contributed by atoms with Gasteiger partial charge in [0.2, 0.25) is 10.0 Å². The van der Waals surface area contributed by atoms with Crippen molar-refractivity contribution in [2.75, 3.05) is 14.2 Å². The number of benzene rings is 3. The molecule has 0 saturated heterocycles. The SMILES string of the molecule is COc1ccc([C@H]2C(c3ccc([N+](=O)[O-])cn3)=C[C@@H](c3ccc(OC)c(F)c3)N2S(=O)(=O)c2ccc(C)cc2)cc1F. The highest BCUT2D eigenvalue weighted by molar-refractivity contribution is 7.89. The van der Waals surface area contributed by atoms with Gasteiger partial charge in [-0.2, -0.15) is 4.31 Å². The van der Waals surface area contributed by atoms with E-state index in [0.29, 0.717) is 5.57 Å². The quantitative estimate of drug-likeness (QED) is 0.178. The Hall–Kier alpha value is -4.68. The fourth-order valence-electron chi connectivity index (χ4n) is 4.93. The number of hydrogen-bond acceptors (Lipinski definition) is 7. The van der Waals surface area contributed by atoms with Crippen molar-refractivity contribution >= 4 is 21.3 Å². The summed E-state index contributed by atoms with van der Waals surface area (Å²) < 4.78 is 70.1. The van der Waals surface area contributed by atoms with Crippen molar-refractivity contribution in [3.63, 3.8) is 0 Å². The lowest BCUT2D eigenvalue weighted by Gasteiger charge is -2.32. The zero-order chi connectivity index (χ0) is 30.2. The second kappa shape index (κ2) is 11.3. The molecule has 0 radical (unpaired) electrons. The molecule has 12 heteroatoms. The molecule has 0 N–H and O–H groups in total. The molecule has 1 aromatic heterocycles. The van der Waals surface area contributed by atoms with Crippen LogP contribution in [0.25, 0.3) is 5.57 Å². The van der Waals surface area contributed by atoms with Gasteiger partial charge in [0.05, 0.1) is 41.8 Å². The molecule has 0 unspecified atom stereocenters. The number of rotatable bonds is 8. The Morgan fingerprint density at radius 3 is 2.00 bits per heavy atom. The summed E-state index contributed by atoms with van der Waals surface area (Å²) in [5, 5.41) is 11.3. The predicted molar refractivity (Wildman–Crippen MR) is 150 cm³/mol. The number of ether oxygens (including phenoxy) is 2. The van der Waals surface area contributed by atoms with E-state index >= 15 is 4.39 Å². The third-order valence-electron chi connectivity index (χ3n) is 7.02. The smallest absolute Gasteiger partial charge is 0.287 e. The molecule has 4 aromatic rings. The van der Waals surface area contributed by atoms with Crippen LogP contribution < -0.4 is 9.47 Å². The van der Waals surface area contributed by atoms with Gasteiger partial charge >= 0.3 is 0 Å². The van der Waals surface area contributed by atoms with E-state index in [1.165, 1.54) is 67.1 Å². The van der Waals surface area contributed by atoms with Gasteiger partial charge in [0, 0.05) is 6.07 Å². The van der Waals surface area contributed by atoms with Crippen LogP contribution in [0.15, 0.2) is 90.0 Å². The van der Waals surface area contributed by atoms with Crippen molar-refractivity contribution in [3.05, 3.63) is 129 Å². The van der Waals surface area contributed by atoms with Crippen molar-refractivity contribution in [1.82, 2.24) is 9.29 Å². The summed E-state index contributed by atoms with van der Waals surface area (Å²) in [5.74, 6) is -1.50. The molecule has 3 aromatic carbocycles. The standard InChI is InChI=1S/C30H25F2N3O6S/c1-18-4-9-22(10-5-18)42(38,39)34-27(19-6-12-28(40-2)24(31)14-19)16-23(26-11-8-21(17-33-26)35(36)37)30(34)20-7-13-29(41-3)25(32)15-20/h4-17,27,30H,1-3H3/t27-,30-/m0/s1. The number of nitrogens with zero attached hydrogens (tertiary/aromatic N) is 3. The number of aromatic nitrogens is 1. The zero-order valence-electron chi connectivity index (χ0n) is 22.7. The molecule has 0 amide bonds. The molecular formula is C30H25F2N3O6S. The molecule has 2 atom stereocenters. The third-order valence-corrected chi connectivity index (χ3v) is 8.88. The first-order chi connectivity index (χ1) is 20.0. The van der Waals surface area contributed by atoms with Crippen LogP contribution in [0.5, 0.6) is 11.5 Å². The monoisotopic (exact) mass is 593 g/mol. The molecule has 9 nitrogen and oxygen atoms in total. The summed E-state index contributed by atoms with van der Waals surface area (Å²) in [7, 11) is -1.71. The van der Waals surface area contributed by atoms with E-state index in [4.69, 9.17) is 9.47 Å². The normalized spacial score (nSPS) is 17.1. The summed E-state index contributed by atoms with van der Waals surface area (Å²) >= 11 is 0. The number of nitro groups is 1. The molecule has 0 fully saturated rings. The van der Waals surface area contributed by atoms with Crippen molar-refractivity contribution < 1.29 is 31.6 Å². The van der Waals surface area contributed by atoms with Crippen molar-refractivity contribution in [2.45, 2.75) is 23.9 Å². The number of pyridine rings is 1. The molecule has 1 aliphatic heterocycles. The highest BCUT2D eigenvalue weighted by Gasteiger charge is 2.45. The minimum absolute atomic E-state index is 0.0281. The van der Waals surface area contributed by atoms with Crippen molar-refractivity contribution in [1.29, 1.82) is 0 Å². The Morgan fingerprint density at radius 2 is 1.48 bits per heavy atom. The number of sulfonamides is 1. The van der Waals surface area contributed by atoms with Gasteiger partial charge in [-0.25, -0.2) is 22.2 Å². The number of methoxy groups -OCH3 is 2. The maximum absolute atomic E-state index is 15.1. The highest BCUT2D eigenvalue weighted by atomic mass is 32.2. The van der Waals surface area contributed by atoms with Crippen molar-refractivity contribution in [3.8, 4) is 11.5 Å². The topological polar surface area (TPSA) is 112 Å². The molecule has 5 rings (SSSR count). The Balaban J connectivity index is 1.78. The van der Waals surface area contributed by atoms with Crippen LogP contribution in [0.4, 0.5) is 14.5 Å². The van der Waals surface area contributed by atoms with Gasteiger partial charge in [-0.05, 0) is 66.1 Å². The highest BCUT2D eigenvalue weighted by Crippen LogP contribution is 2.51. The second-order valence-corrected chi connectivity index (χ2v) is 11.4. The second-order valence-electron chi connectivity index (χ2n) is 9.56. The molecule has 0 saturated carbocycles. The van der Waals surface area contributed by atoms with Gasteiger partial charge in [-0.3, -0.25) is 10.1 Å². The molecule has 0 bridgehead atoms. The third kappa shape index (κ3) is 5.21. The van der Waals surface area contributed by atoms with Gasteiger partial charge in [0.1, 0.15) is 6.20 Å². The average molecular weight is 594 g/mol. The van der Waals surface area contributed by atoms with Crippen LogP contribution in [0.1, 0.15) is 34.5 Å². The van der Waals surface area contributed by atoms with Crippen LogP contribution >= 0.6 is 0 Å². The molecular weight excluding hydrogens is 568 g/mol. The summed E-state index contributed by atoms with van der Waals surface area (Å²) in [5.41, 5.74) is 1.65. The van der Waals surface area contributed by atoms with E-state index in [1.54, 1.807) is 24.3 Å². The lowest BCUT2D eigenvalue weighted by molar-refractivity contribution is -0.385. The number of aryl methyl sites for hydroxylation is 1. The predicted octanol–water partition coefficient (Wildman–Crippen LogP) is 6.16. The molecule has 216 valence electrons. The average Bonchev–Trinajstić information content (AvgIpc) is 3.39. The first-order valence-corrected chi connectivity index (χ1v) is 14.1. The van der Waals surface area contributed by atoms with Crippen LogP contribution in [-0.4, -0.2) is 36.8 Å². The van der Waals surface area contributed by atoms with Gasteiger partial charge in [-0.1, -0.05) is 35.9 Å². The van der Waals surface area contributed by atoms with E-state index in [9.17, 15) is 22.9 Å². The van der Waals surface area contributed by atoms with Gasteiger partial charge in [-0.15, -0.1) is 0 Å². The lowest BCUT2D eigenvalue weighted by Crippen LogP contribution is -2.34. The molecule has 1 aliphatic rings. The summed E-state index contributed by atoms with van der Waals surface area (Å²) in [4.78, 5) is 14.9. The largest absolute Gasteiger partial charge is 0.494 e. The van der Waals surface area contributed by atoms with Crippen LogP contribution in [0.3, 0.4) is 0 Å². The first kappa shape index (κ1) is 28.8. The van der Waals surface area contributed by atoms with E-state index < -0.39 is 38.7 Å². The molecule has 0 aliphatic carbocycles. The molecule has 0 spiro atoms. The minimum Gasteiger partial charge on any atom is -0.494 e. The van der Waals surface area contributed by atoms with Crippen LogP contribution in [0, 0.1) is 28.7 Å². The Labute approximate surface area is 240 Å². The molecule has 2 heterocycles. The van der Waals surface area contributed by atoms with Gasteiger partial charge in [0.15, 0.2) is 23.1 Å². The lowest BCUT2D eigenvalue weighted by atomic mass is 9.97. The maximum atomic E-state index is 15.1. The zero-order valence-corrected chi connectivity index (χ0v) is 23.5. The van der Waals surface area contributed by atoms with E-state index in [-0.39, 0.29) is 38.9 Å². The first-order valence-electron chi connectivity index (χ1n) is 12.6. The maximum Gasteiger partial charge on any atom is 0.287 e. The number of halogens is 2. The number of hydrogen-bond donors (Lipinski definition) is 0. The van der Waals surface area contributed by atoms with E-state index in [1.807, 2.05) is 6.92 Å². The van der Waals surface area contributed by atoms with Crippen LogP contribution in [0.2, 0.25) is 0 Å². The van der Waals surface area contributed by atoms with E-state index in [0.717, 1.165) is 17.8 Å². The summed E-state index contributed by atoms with van der Waals surface area (Å²) in [6.45, 7) is 1.82. The Bertz CT molecular complexity index is 1800. The Kier molecular flexibility index (Phi) is 7.76. The minimum atomic E-state index is -4.33. The summed E-state index contributed by atoms with van der Waals surface area (Å²) in [6.07, 6.45) is 2.65. The Morgan fingerprint density at radius 1 is 0.881 bits per heavy atom. The van der Waals surface area contributed by atoms with Gasteiger partial charge in [0.25, 0.3) is 5.69 Å². The molecule has 42 heavy (non-hydrogen) atoms. The fourth-order valence-corrected chi connectivity index (χ4v) is 6.65. The van der Waals surface area contributed by atoms with Crippen molar-refractivity contribution in [2.24, 2.45) is 0 Å². The fraction of sp³-hybridized carbons (Fsp3) is 0.167. The van der Waals surface area contributed by atoms with Crippen LogP contribution in [-0.2, 0) is 10.0 Å². The van der Waals surface area contributed by atoms with E-state index in [2.05, 4.69) is 4.98 Å². The summed E-state index contributed by atoms with van der Waals surface area (Å²) in [6, 6.07) is 14.8. The van der Waals surface area contributed by atoms with Gasteiger partial charge < -0.3 is 9.47 Å².